The summed E-state index contributed by atoms with van der Waals surface area (Å²) in [6.45, 7) is 7.07. The van der Waals surface area contributed by atoms with Gasteiger partial charge in [0.15, 0.2) is 0 Å². The van der Waals surface area contributed by atoms with Gasteiger partial charge in [-0.1, -0.05) is 18.2 Å². The lowest BCUT2D eigenvalue weighted by molar-refractivity contribution is -0.134. The summed E-state index contributed by atoms with van der Waals surface area (Å²) in [4.78, 5) is 27.2. The minimum Gasteiger partial charge on any atom is -0.341 e. The Labute approximate surface area is 138 Å². The molecule has 126 valence electrons. The van der Waals surface area contributed by atoms with E-state index in [2.05, 4.69) is 10.6 Å². The van der Waals surface area contributed by atoms with Gasteiger partial charge in [0.25, 0.3) is 5.91 Å². The molecule has 1 aromatic carbocycles. The SMILES string of the molecule is CCN(CC)C(=O)C(NC(=O)c1ccccc1)C1CCNCC1. The fraction of sp³-hybridized carbons (Fsp3) is 0.556. The molecule has 2 amide bonds. The fourth-order valence-corrected chi connectivity index (χ4v) is 3.10. The minimum absolute atomic E-state index is 0.0335. The maximum atomic E-state index is 12.9. The highest BCUT2D eigenvalue weighted by Crippen LogP contribution is 2.19. The van der Waals surface area contributed by atoms with Crippen LogP contribution in [0.1, 0.15) is 37.0 Å². The molecule has 1 heterocycles. The fourth-order valence-electron chi connectivity index (χ4n) is 3.10. The zero-order chi connectivity index (χ0) is 16.7. The molecule has 1 saturated heterocycles. The Morgan fingerprint density at radius 3 is 2.35 bits per heavy atom. The molecule has 5 nitrogen and oxygen atoms in total. The highest BCUT2D eigenvalue weighted by molar-refractivity contribution is 5.97. The van der Waals surface area contributed by atoms with Gasteiger partial charge in [0.1, 0.15) is 6.04 Å². The molecule has 5 heteroatoms. The first-order valence-corrected chi connectivity index (χ1v) is 8.52. The number of hydrogen-bond acceptors (Lipinski definition) is 3. The molecule has 2 rings (SSSR count). The third kappa shape index (κ3) is 4.55. The van der Waals surface area contributed by atoms with E-state index in [4.69, 9.17) is 0 Å². The minimum atomic E-state index is -0.440. The summed E-state index contributed by atoms with van der Waals surface area (Å²) in [5.41, 5.74) is 0.596. The largest absolute Gasteiger partial charge is 0.341 e. The molecular weight excluding hydrogens is 290 g/mol. The summed E-state index contributed by atoms with van der Waals surface area (Å²) in [5.74, 6) is 0.0535. The third-order valence-electron chi connectivity index (χ3n) is 4.52. The first kappa shape index (κ1) is 17.5. The predicted octanol–water partition coefficient (Wildman–Crippen LogP) is 1.65. The van der Waals surface area contributed by atoms with Gasteiger partial charge in [-0.25, -0.2) is 0 Å². The van der Waals surface area contributed by atoms with Crippen LogP contribution in [-0.2, 0) is 4.79 Å². The van der Waals surface area contributed by atoms with Crippen LogP contribution in [0, 0.1) is 5.92 Å². The van der Waals surface area contributed by atoms with Crippen LogP contribution in [-0.4, -0.2) is 48.9 Å². The molecule has 1 aliphatic rings. The van der Waals surface area contributed by atoms with Crippen molar-refractivity contribution in [3.8, 4) is 0 Å². The van der Waals surface area contributed by atoms with E-state index in [-0.39, 0.29) is 17.7 Å². The number of piperidine rings is 1. The molecule has 23 heavy (non-hydrogen) atoms. The number of carbonyl (C=O) groups is 2. The van der Waals surface area contributed by atoms with Gasteiger partial charge in [-0.15, -0.1) is 0 Å². The lowest BCUT2D eigenvalue weighted by Gasteiger charge is -2.33. The topological polar surface area (TPSA) is 61.4 Å². The average Bonchev–Trinajstić information content (AvgIpc) is 2.62. The van der Waals surface area contributed by atoms with Gasteiger partial charge in [0.2, 0.25) is 5.91 Å². The number of nitrogens with one attached hydrogen (secondary N) is 2. The van der Waals surface area contributed by atoms with Crippen LogP contribution in [0.3, 0.4) is 0 Å². The Morgan fingerprint density at radius 2 is 1.78 bits per heavy atom. The molecular formula is C18H27N3O2. The maximum Gasteiger partial charge on any atom is 0.251 e. The summed E-state index contributed by atoms with van der Waals surface area (Å²) in [5, 5.41) is 6.31. The van der Waals surface area contributed by atoms with Crippen molar-refractivity contribution in [1.29, 1.82) is 0 Å². The van der Waals surface area contributed by atoms with E-state index in [1.807, 2.05) is 32.0 Å². The zero-order valence-electron chi connectivity index (χ0n) is 14.0. The number of rotatable bonds is 6. The normalized spacial score (nSPS) is 16.6. The first-order valence-electron chi connectivity index (χ1n) is 8.52. The monoisotopic (exact) mass is 317 g/mol. The van der Waals surface area contributed by atoms with Gasteiger partial charge in [-0.05, 0) is 57.8 Å². The second-order valence-corrected chi connectivity index (χ2v) is 5.92. The van der Waals surface area contributed by atoms with Crippen LogP contribution in [0.5, 0.6) is 0 Å². The van der Waals surface area contributed by atoms with Crippen molar-refractivity contribution >= 4 is 11.8 Å². The van der Waals surface area contributed by atoms with Crippen LogP contribution < -0.4 is 10.6 Å². The van der Waals surface area contributed by atoms with Crippen molar-refractivity contribution in [1.82, 2.24) is 15.5 Å². The molecule has 0 aliphatic carbocycles. The molecule has 1 atom stereocenters. The van der Waals surface area contributed by atoms with Crippen LogP contribution in [0.15, 0.2) is 30.3 Å². The number of nitrogens with zero attached hydrogens (tertiary/aromatic N) is 1. The van der Waals surface area contributed by atoms with E-state index in [0.29, 0.717) is 18.7 Å². The van der Waals surface area contributed by atoms with Crippen molar-refractivity contribution in [3.05, 3.63) is 35.9 Å². The number of amides is 2. The van der Waals surface area contributed by atoms with Crippen molar-refractivity contribution in [2.24, 2.45) is 5.92 Å². The summed E-state index contributed by atoms with van der Waals surface area (Å²) in [6.07, 6.45) is 1.82. The first-order chi connectivity index (χ1) is 11.2. The molecule has 0 radical (unpaired) electrons. The number of benzene rings is 1. The molecule has 1 aliphatic heterocycles. The molecule has 0 bridgehead atoms. The number of carbonyl (C=O) groups excluding carboxylic acids is 2. The summed E-state index contributed by atoms with van der Waals surface area (Å²) < 4.78 is 0. The maximum absolute atomic E-state index is 12.9. The summed E-state index contributed by atoms with van der Waals surface area (Å²) in [6, 6.07) is 8.65. The van der Waals surface area contributed by atoms with Gasteiger partial charge >= 0.3 is 0 Å². The Hall–Kier alpha value is -1.88. The van der Waals surface area contributed by atoms with Gasteiger partial charge < -0.3 is 15.5 Å². The summed E-state index contributed by atoms with van der Waals surface area (Å²) in [7, 11) is 0. The van der Waals surface area contributed by atoms with Crippen molar-refractivity contribution in [3.63, 3.8) is 0 Å². The smallest absolute Gasteiger partial charge is 0.251 e. The van der Waals surface area contributed by atoms with Crippen LogP contribution in [0.4, 0.5) is 0 Å². The van der Waals surface area contributed by atoms with Crippen LogP contribution in [0.25, 0.3) is 0 Å². The second kappa shape index (κ2) is 8.67. The third-order valence-corrected chi connectivity index (χ3v) is 4.52. The Bertz CT molecular complexity index is 508. The Balaban J connectivity index is 2.15. The number of likely N-dealkylation sites (N-methyl/N-ethyl adjacent to an activating group) is 1. The average molecular weight is 317 g/mol. The van der Waals surface area contributed by atoms with Gasteiger partial charge in [-0.2, -0.15) is 0 Å². The van der Waals surface area contributed by atoms with Gasteiger partial charge in [0, 0.05) is 18.7 Å². The van der Waals surface area contributed by atoms with Crippen LogP contribution >= 0.6 is 0 Å². The predicted molar refractivity (Wildman–Crippen MR) is 91.2 cm³/mol. The molecule has 1 aromatic rings. The van der Waals surface area contributed by atoms with Gasteiger partial charge in [0.05, 0.1) is 0 Å². The Kier molecular flexibility index (Phi) is 6.59. The van der Waals surface area contributed by atoms with E-state index in [0.717, 1.165) is 25.9 Å². The lowest BCUT2D eigenvalue weighted by Crippen LogP contribution is -2.54. The molecule has 0 spiro atoms. The van der Waals surface area contributed by atoms with Crippen molar-refractivity contribution in [2.75, 3.05) is 26.2 Å². The van der Waals surface area contributed by atoms with E-state index in [9.17, 15) is 9.59 Å². The van der Waals surface area contributed by atoms with E-state index in [1.54, 1.807) is 17.0 Å². The van der Waals surface area contributed by atoms with Crippen LogP contribution in [0.2, 0.25) is 0 Å². The van der Waals surface area contributed by atoms with Crippen molar-refractivity contribution < 1.29 is 9.59 Å². The van der Waals surface area contributed by atoms with E-state index < -0.39 is 6.04 Å². The van der Waals surface area contributed by atoms with Crippen molar-refractivity contribution in [2.45, 2.75) is 32.7 Å². The standard InChI is InChI=1S/C18H27N3O2/c1-3-21(4-2)18(23)16(14-10-12-19-13-11-14)20-17(22)15-8-6-5-7-9-15/h5-9,14,16,19H,3-4,10-13H2,1-2H3,(H,20,22). The zero-order valence-corrected chi connectivity index (χ0v) is 14.0. The Morgan fingerprint density at radius 1 is 1.17 bits per heavy atom. The number of hydrogen-bond donors (Lipinski definition) is 2. The molecule has 0 saturated carbocycles. The molecule has 1 fully saturated rings. The molecule has 1 unspecified atom stereocenters. The highest BCUT2D eigenvalue weighted by atomic mass is 16.2. The van der Waals surface area contributed by atoms with E-state index >= 15 is 0 Å². The quantitative estimate of drug-likeness (QED) is 0.839. The lowest BCUT2D eigenvalue weighted by atomic mass is 9.89. The van der Waals surface area contributed by atoms with Gasteiger partial charge in [-0.3, -0.25) is 9.59 Å². The van der Waals surface area contributed by atoms with E-state index in [1.165, 1.54) is 0 Å². The molecule has 2 N–H and O–H groups in total. The molecule has 0 aromatic heterocycles. The highest BCUT2D eigenvalue weighted by Gasteiger charge is 2.33. The summed E-state index contributed by atoms with van der Waals surface area (Å²) >= 11 is 0. The second-order valence-electron chi connectivity index (χ2n) is 5.92.